The van der Waals surface area contributed by atoms with E-state index in [4.69, 9.17) is 4.74 Å². The van der Waals surface area contributed by atoms with E-state index in [1.807, 2.05) is 29.2 Å². The minimum Gasteiger partial charge on any atom is -0.481 e. The minimum atomic E-state index is -0.0768. The second-order valence-corrected chi connectivity index (χ2v) is 7.00. The minimum absolute atomic E-state index is 0.0568. The number of aromatic nitrogens is 1. The number of ether oxygens (including phenoxy) is 1. The molecule has 1 atom stereocenters. The number of benzene rings is 1. The average molecular weight is 353 g/mol. The molecule has 0 bridgehead atoms. The molecule has 3 heterocycles. The summed E-state index contributed by atoms with van der Waals surface area (Å²) in [5.41, 5.74) is 1.32. The molecule has 2 saturated heterocycles. The highest BCUT2D eigenvalue weighted by molar-refractivity contribution is 6.06. The molecule has 1 unspecified atom stereocenters. The van der Waals surface area contributed by atoms with E-state index in [9.17, 15) is 9.59 Å². The molecule has 6 nitrogen and oxygen atoms in total. The van der Waals surface area contributed by atoms with Crippen molar-refractivity contribution < 1.29 is 14.3 Å². The number of methoxy groups -OCH3 is 1. The average Bonchev–Trinajstić information content (AvgIpc) is 3.38. The van der Waals surface area contributed by atoms with Crippen molar-refractivity contribution in [1.29, 1.82) is 0 Å². The number of carbonyl (C=O) groups is 2. The van der Waals surface area contributed by atoms with Crippen molar-refractivity contribution in [2.75, 3.05) is 33.3 Å². The summed E-state index contributed by atoms with van der Waals surface area (Å²) in [6.45, 7) is 2.82. The van der Waals surface area contributed by atoms with Gasteiger partial charge in [-0.3, -0.25) is 9.59 Å². The fourth-order valence-electron chi connectivity index (χ4n) is 3.94. The quantitative estimate of drug-likeness (QED) is 0.850. The summed E-state index contributed by atoms with van der Waals surface area (Å²) >= 11 is 0. The Hall–Kier alpha value is -2.63. The predicted octanol–water partition coefficient (Wildman–Crippen LogP) is 2.33. The van der Waals surface area contributed by atoms with E-state index in [0.29, 0.717) is 24.5 Å². The van der Waals surface area contributed by atoms with Crippen LogP contribution in [0.15, 0.2) is 30.3 Å². The Balaban J connectivity index is 1.57. The molecule has 2 aliphatic rings. The maximum Gasteiger partial charge on any atom is 0.254 e. The number of hydrogen-bond donors (Lipinski definition) is 0. The Morgan fingerprint density at radius 2 is 1.88 bits per heavy atom. The molecule has 0 saturated carbocycles. The lowest BCUT2D eigenvalue weighted by Crippen LogP contribution is -2.36. The van der Waals surface area contributed by atoms with Gasteiger partial charge in [-0.1, -0.05) is 18.2 Å². The molecule has 4 rings (SSSR count). The van der Waals surface area contributed by atoms with Gasteiger partial charge in [-0.2, -0.15) is 0 Å². The van der Waals surface area contributed by atoms with Gasteiger partial charge in [0.2, 0.25) is 11.8 Å². The summed E-state index contributed by atoms with van der Waals surface area (Å²) in [5, 5.41) is 0.813. The van der Waals surface area contributed by atoms with E-state index in [-0.39, 0.29) is 17.7 Å². The van der Waals surface area contributed by atoms with Crippen LogP contribution in [0.25, 0.3) is 10.9 Å². The van der Waals surface area contributed by atoms with Gasteiger partial charge >= 0.3 is 0 Å². The SMILES string of the molecule is COc1cc(C(=O)N2CCC(C(=O)N3CCCC3)C2)c2ccccc2n1. The van der Waals surface area contributed by atoms with Crippen molar-refractivity contribution in [3.05, 3.63) is 35.9 Å². The van der Waals surface area contributed by atoms with Crippen LogP contribution in [0.1, 0.15) is 29.6 Å². The number of hydrogen-bond acceptors (Lipinski definition) is 4. The smallest absolute Gasteiger partial charge is 0.254 e. The molecule has 136 valence electrons. The van der Waals surface area contributed by atoms with Crippen LogP contribution in [0.5, 0.6) is 5.88 Å². The van der Waals surface area contributed by atoms with Gasteiger partial charge in [-0.25, -0.2) is 4.98 Å². The largest absolute Gasteiger partial charge is 0.481 e. The highest BCUT2D eigenvalue weighted by Crippen LogP contribution is 2.27. The maximum absolute atomic E-state index is 13.1. The van der Waals surface area contributed by atoms with Gasteiger partial charge < -0.3 is 14.5 Å². The van der Waals surface area contributed by atoms with E-state index in [1.165, 1.54) is 0 Å². The number of para-hydroxylation sites is 1. The molecule has 6 heteroatoms. The zero-order valence-electron chi connectivity index (χ0n) is 15.0. The first-order chi connectivity index (χ1) is 12.7. The first-order valence-electron chi connectivity index (χ1n) is 9.19. The van der Waals surface area contributed by atoms with Crippen LogP contribution in [-0.4, -0.2) is 59.9 Å². The Kier molecular flexibility index (Phi) is 4.49. The number of rotatable bonds is 3. The normalized spacial score (nSPS) is 20.0. The fourth-order valence-corrected chi connectivity index (χ4v) is 3.94. The standard InChI is InChI=1S/C20H23N3O3/c1-26-18-12-16(15-6-2-3-7-17(15)21-18)20(25)23-11-8-14(13-23)19(24)22-9-4-5-10-22/h2-3,6-7,12,14H,4-5,8-11,13H2,1H3. The van der Waals surface area contributed by atoms with Crippen molar-refractivity contribution in [3.63, 3.8) is 0 Å². The van der Waals surface area contributed by atoms with Gasteiger partial charge in [0.1, 0.15) is 0 Å². The topological polar surface area (TPSA) is 62.7 Å². The summed E-state index contributed by atoms with van der Waals surface area (Å²) in [7, 11) is 1.55. The van der Waals surface area contributed by atoms with E-state index >= 15 is 0 Å². The van der Waals surface area contributed by atoms with Crippen molar-refractivity contribution in [1.82, 2.24) is 14.8 Å². The second kappa shape index (κ2) is 6.94. The van der Waals surface area contributed by atoms with Crippen LogP contribution in [0.3, 0.4) is 0 Å². The van der Waals surface area contributed by atoms with Crippen molar-refractivity contribution in [2.24, 2.45) is 5.92 Å². The van der Waals surface area contributed by atoms with Gasteiger partial charge in [0, 0.05) is 37.6 Å². The lowest BCUT2D eigenvalue weighted by molar-refractivity contribution is -0.133. The molecular weight excluding hydrogens is 330 g/mol. The first kappa shape index (κ1) is 16.8. The van der Waals surface area contributed by atoms with Crippen LogP contribution >= 0.6 is 0 Å². The van der Waals surface area contributed by atoms with Gasteiger partial charge in [0.05, 0.1) is 24.1 Å². The summed E-state index contributed by atoms with van der Waals surface area (Å²) in [4.78, 5) is 33.9. The number of likely N-dealkylation sites (tertiary alicyclic amines) is 2. The van der Waals surface area contributed by atoms with Gasteiger partial charge in [-0.05, 0) is 25.3 Å². The fraction of sp³-hybridized carbons (Fsp3) is 0.450. The number of nitrogens with zero attached hydrogens (tertiary/aromatic N) is 3. The summed E-state index contributed by atoms with van der Waals surface area (Å²) in [6.07, 6.45) is 2.91. The molecular formula is C20H23N3O3. The van der Waals surface area contributed by atoms with Crippen LogP contribution in [-0.2, 0) is 4.79 Å². The van der Waals surface area contributed by atoms with Crippen molar-refractivity contribution in [2.45, 2.75) is 19.3 Å². The van der Waals surface area contributed by atoms with E-state index in [0.717, 1.165) is 43.3 Å². The lowest BCUT2D eigenvalue weighted by Gasteiger charge is -2.21. The Morgan fingerprint density at radius 1 is 1.12 bits per heavy atom. The molecule has 0 N–H and O–H groups in total. The zero-order valence-corrected chi connectivity index (χ0v) is 15.0. The molecule has 2 aliphatic heterocycles. The third-order valence-electron chi connectivity index (χ3n) is 5.37. The van der Waals surface area contributed by atoms with Crippen LogP contribution in [0, 0.1) is 5.92 Å². The molecule has 26 heavy (non-hydrogen) atoms. The highest BCUT2D eigenvalue weighted by Gasteiger charge is 2.35. The van der Waals surface area contributed by atoms with E-state index in [1.54, 1.807) is 18.1 Å². The maximum atomic E-state index is 13.1. The molecule has 0 spiro atoms. The number of carbonyl (C=O) groups excluding carboxylic acids is 2. The number of pyridine rings is 1. The third kappa shape index (κ3) is 3.00. The summed E-state index contributed by atoms with van der Waals surface area (Å²) in [6, 6.07) is 9.26. The van der Waals surface area contributed by atoms with E-state index in [2.05, 4.69) is 4.98 Å². The Bertz CT molecular complexity index is 845. The molecule has 2 amide bonds. The van der Waals surface area contributed by atoms with Crippen molar-refractivity contribution >= 4 is 22.7 Å². The third-order valence-corrected chi connectivity index (χ3v) is 5.37. The Morgan fingerprint density at radius 3 is 2.65 bits per heavy atom. The first-order valence-corrected chi connectivity index (χ1v) is 9.19. The highest BCUT2D eigenvalue weighted by atomic mass is 16.5. The van der Waals surface area contributed by atoms with E-state index < -0.39 is 0 Å². The summed E-state index contributed by atoms with van der Waals surface area (Å²) in [5.74, 6) is 0.497. The van der Waals surface area contributed by atoms with Crippen molar-refractivity contribution in [3.8, 4) is 5.88 Å². The molecule has 2 fully saturated rings. The predicted molar refractivity (Wildman–Crippen MR) is 98.1 cm³/mol. The second-order valence-electron chi connectivity index (χ2n) is 7.00. The van der Waals surface area contributed by atoms with Gasteiger partial charge in [-0.15, -0.1) is 0 Å². The zero-order chi connectivity index (χ0) is 18.1. The molecule has 1 aromatic carbocycles. The van der Waals surface area contributed by atoms with Gasteiger partial charge in [0.15, 0.2) is 0 Å². The number of fused-ring (bicyclic) bond motifs is 1. The Labute approximate surface area is 152 Å². The lowest BCUT2D eigenvalue weighted by atomic mass is 10.1. The monoisotopic (exact) mass is 353 g/mol. The molecule has 0 aliphatic carbocycles. The van der Waals surface area contributed by atoms with Crippen LogP contribution in [0.2, 0.25) is 0 Å². The molecule has 1 aromatic heterocycles. The van der Waals surface area contributed by atoms with Crippen LogP contribution < -0.4 is 4.74 Å². The van der Waals surface area contributed by atoms with Crippen LogP contribution in [0.4, 0.5) is 0 Å². The number of amides is 2. The van der Waals surface area contributed by atoms with Gasteiger partial charge in [0.25, 0.3) is 5.91 Å². The molecule has 0 radical (unpaired) electrons. The summed E-state index contributed by atoms with van der Waals surface area (Å²) < 4.78 is 5.26. The molecule has 2 aromatic rings.